The molecule has 0 N–H and O–H groups in total. The topological polar surface area (TPSA) is 9.72 Å². The molecule has 2 aliphatic heterocycles. The fourth-order valence-corrected chi connectivity index (χ4v) is 9.83. The van der Waals surface area contributed by atoms with Crippen molar-refractivity contribution >= 4 is 84.3 Å². The maximum Gasteiger partial charge on any atom is 0.252 e. The van der Waals surface area contributed by atoms with Crippen molar-refractivity contribution in [3.05, 3.63) is 174 Å². The Balaban J connectivity index is 1.33. The molecule has 0 amide bonds. The van der Waals surface area contributed by atoms with Crippen LogP contribution in [0.1, 0.15) is 58.2 Å². The van der Waals surface area contributed by atoms with Gasteiger partial charge < -0.3 is 14.7 Å². The Morgan fingerprint density at radius 1 is 0.458 bits per heavy atom. The van der Waals surface area contributed by atoms with Crippen molar-refractivity contribution in [3.63, 3.8) is 0 Å². The number of rotatable bonds is 6. The SMILES string of the molecule is Cc1ccc(N2c3cc(N(c4ccc(C(C)(C)C)cc4)c4ccc(C(C)(C)C)cc4)ccc3B3c4ccccc4N(c4ccccc4)c4cc(S(C)(C)C)cc2c43)cc1. The van der Waals surface area contributed by atoms with Crippen molar-refractivity contribution in [2.45, 2.75) is 64.2 Å². The fraction of sp³-hybridized carbons (Fsp3) is 0.222. The molecule has 0 aliphatic carbocycles. The molecule has 0 aromatic heterocycles. The van der Waals surface area contributed by atoms with Gasteiger partial charge in [-0.2, -0.15) is 0 Å². The third-order valence-electron chi connectivity index (χ3n) is 12.2. The predicted octanol–water partition coefficient (Wildman–Crippen LogP) is 13.2. The molecule has 0 unspecified atom stereocenters. The van der Waals surface area contributed by atoms with Gasteiger partial charge in [0, 0.05) is 51.2 Å². The summed E-state index contributed by atoms with van der Waals surface area (Å²) in [6.07, 6.45) is 7.25. The standard InChI is InChI=1S/C54H56BN3S/c1-37-20-26-43(27-21-37)58-49-34-44(56(41-28-22-38(23-29-41)53(2,3)4)42-30-24-39(25-31-42)54(5,6)7)32-33-47(49)55-46-18-14-15-19-48(46)57(40-16-12-11-13-17-40)50-35-45(59(8,9)10)36-51(58)52(50)55/h11-36H,1-10H3. The summed E-state index contributed by atoms with van der Waals surface area (Å²) in [6, 6.07) is 59.7. The summed E-state index contributed by atoms with van der Waals surface area (Å²) in [4.78, 5) is 8.90. The highest BCUT2D eigenvalue weighted by Crippen LogP contribution is 2.52. The van der Waals surface area contributed by atoms with E-state index in [1.54, 1.807) is 0 Å². The first-order chi connectivity index (χ1) is 28.1. The van der Waals surface area contributed by atoms with Crippen LogP contribution in [0.5, 0.6) is 0 Å². The maximum atomic E-state index is 2.56. The van der Waals surface area contributed by atoms with E-state index in [1.165, 1.54) is 66.4 Å². The lowest BCUT2D eigenvalue weighted by Gasteiger charge is -2.45. The van der Waals surface area contributed by atoms with Crippen LogP contribution in [-0.2, 0) is 10.8 Å². The molecular weight excluding hydrogens is 733 g/mol. The van der Waals surface area contributed by atoms with Gasteiger partial charge >= 0.3 is 0 Å². The van der Waals surface area contributed by atoms with Crippen molar-refractivity contribution in [1.82, 2.24) is 0 Å². The van der Waals surface area contributed by atoms with Crippen LogP contribution < -0.4 is 31.1 Å². The van der Waals surface area contributed by atoms with Gasteiger partial charge in [-0.1, -0.05) is 126 Å². The molecule has 9 rings (SSSR count). The van der Waals surface area contributed by atoms with E-state index in [1.807, 2.05) is 0 Å². The van der Waals surface area contributed by atoms with E-state index < -0.39 is 10.0 Å². The lowest BCUT2D eigenvalue weighted by Crippen LogP contribution is -2.61. The summed E-state index contributed by atoms with van der Waals surface area (Å²) in [5, 5.41) is 0. The van der Waals surface area contributed by atoms with Gasteiger partial charge in [0.15, 0.2) is 0 Å². The highest BCUT2D eigenvalue weighted by molar-refractivity contribution is 8.32. The second-order valence-electron chi connectivity index (χ2n) is 19.2. The van der Waals surface area contributed by atoms with Gasteiger partial charge in [0.2, 0.25) is 0 Å². The molecule has 2 aliphatic rings. The second-order valence-corrected chi connectivity index (χ2v) is 23.4. The third-order valence-corrected chi connectivity index (χ3v) is 13.8. The lowest BCUT2D eigenvalue weighted by molar-refractivity contribution is 0.590. The molecule has 2 heterocycles. The normalized spacial score (nSPS) is 13.8. The maximum absolute atomic E-state index is 2.56. The van der Waals surface area contributed by atoms with Crippen molar-refractivity contribution in [3.8, 4) is 0 Å². The van der Waals surface area contributed by atoms with Gasteiger partial charge in [0.1, 0.15) is 0 Å². The van der Waals surface area contributed by atoms with Gasteiger partial charge in [-0.3, -0.25) is 0 Å². The minimum absolute atomic E-state index is 0.0523. The number of fused-ring (bicyclic) bond motifs is 4. The van der Waals surface area contributed by atoms with Crippen LogP contribution in [0, 0.1) is 6.92 Å². The van der Waals surface area contributed by atoms with Crippen LogP contribution in [0.2, 0.25) is 0 Å². The number of para-hydroxylation sites is 2. The number of anilines is 9. The summed E-state index contributed by atoms with van der Waals surface area (Å²) in [7, 11) is -1.12. The molecular formula is C54H56BN3S. The van der Waals surface area contributed by atoms with Gasteiger partial charge in [0.05, 0.1) is 0 Å². The Kier molecular flexibility index (Phi) is 9.40. The zero-order valence-electron chi connectivity index (χ0n) is 36.3. The Morgan fingerprint density at radius 3 is 1.47 bits per heavy atom. The van der Waals surface area contributed by atoms with Crippen LogP contribution in [0.15, 0.2) is 163 Å². The Hall–Kier alpha value is -5.65. The van der Waals surface area contributed by atoms with Crippen LogP contribution in [-0.4, -0.2) is 25.5 Å². The Morgan fingerprint density at radius 2 is 0.932 bits per heavy atom. The molecule has 296 valence electrons. The predicted molar refractivity (Wildman–Crippen MR) is 261 cm³/mol. The summed E-state index contributed by atoms with van der Waals surface area (Å²) in [5.74, 6) is 0. The van der Waals surface area contributed by atoms with E-state index in [4.69, 9.17) is 0 Å². The highest BCUT2D eigenvalue weighted by atomic mass is 32.3. The van der Waals surface area contributed by atoms with E-state index in [9.17, 15) is 0 Å². The zero-order valence-corrected chi connectivity index (χ0v) is 37.2. The van der Waals surface area contributed by atoms with E-state index >= 15 is 0 Å². The highest BCUT2D eigenvalue weighted by Gasteiger charge is 2.44. The van der Waals surface area contributed by atoms with Gasteiger partial charge in [0.25, 0.3) is 6.71 Å². The number of aryl methyl sites for hydroxylation is 1. The summed E-state index contributed by atoms with van der Waals surface area (Å²) < 4.78 is 0. The van der Waals surface area contributed by atoms with Crippen LogP contribution in [0.25, 0.3) is 0 Å². The second kappa shape index (κ2) is 14.3. The zero-order chi connectivity index (χ0) is 41.4. The van der Waals surface area contributed by atoms with Gasteiger partial charge in [-0.25, -0.2) is 10.0 Å². The quantitative estimate of drug-likeness (QED) is 0.155. The van der Waals surface area contributed by atoms with Crippen molar-refractivity contribution in [1.29, 1.82) is 0 Å². The first-order valence-corrected chi connectivity index (χ1v) is 23.8. The lowest BCUT2D eigenvalue weighted by atomic mass is 9.33. The number of hydrogen-bond donors (Lipinski definition) is 0. The summed E-state index contributed by atoms with van der Waals surface area (Å²) >= 11 is 0. The molecule has 0 fully saturated rings. The Bertz CT molecular complexity index is 2610. The van der Waals surface area contributed by atoms with Gasteiger partial charge in [-0.15, -0.1) is 0 Å². The summed E-state index contributed by atoms with van der Waals surface area (Å²) in [6.45, 7) is 15.9. The molecule has 0 bridgehead atoms. The first kappa shape index (κ1) is 38.8. The molecule has 0 saturated heterocycles. The number of benzene rings is 7. The van der Waals surface area contributed by atoms with Crippen LogP contribution in [0.4, 0.5) is 51.2 Å². The van der Waals surface area contributed by atoms with Crippen molar-refractivity contribution in [2.75, 3.05) is 33.5 Å². The minimum Gasteiger partial charge on any atom is -0.311 e. The van der Waals surface area contributed by atoms with E-state index in [-0.39, 0.29) is 17.5 Å². The minimum atomic E-state index is -1.12. The van der Waals surface area contributed by atoms with E-state index in [2.05, 4.69) is 240 Å². The average molecular weight is 790 g/mol. The average Bonchev–Trinajstić information content (AvgIpc) is 3.21. The molecule has 7 aromatic carbocycles. The monoisotopic (exact) mass is 789 g/mol. The molecule has 0 radical (unpaired) electrons. The van der Waals surface area contributed by atoms with Gasteiger partial charge in [-0.05, 0) is 148 Å². The molecule has 3 nitrogen and oxygen atoms in total. The fourth-order valence-electron chi connectivity index (χ4n) is 8.89. The Labute approximate surface area is 354 Å². The molecule has 59 heavy (non-hydrogen) atoms. The molecule has 0 atom stereocenters. The van der Waals surface area contributed by atoms with Crippen LogP contribution in [0.3, 0.4) is 0 Å². The van der Waals surface area contributed by atoms with E-state index in [0.29, 0.717) is 0 Å². The van der Waals surface area contributed by atoms with Crippen LogP contribution >= 0.6 is 10.0 Å². The van der Waals surface area contributed by atoms with Crippen molar-refractivity contribution in [2.24, 2.45) is 0 Å². The van der Waals surface area contributed by atoms with Crippen molar-refractivity contribution < 1.29 is 0 Å². The molecule has 0 spiro atoms. The number of hydrogen-bond acceptors (Lipinski definition) is 3. The molecule has 0 saturated carbocycles. The third kappa shape index (κ3) is 6.94. The number of nitrogens with zero attached hydrogens (tertiary/aromatic N) is 3. The summed E-state index contributed by atoms with van der Waals surface area (Å²) in [5.41, 5.74) is 18.7. The smallest absolute Gasteiger partial charge is 0.252 e. The first-order valence-electron chi connectivity index (χ1n) is 20.9. The molecule has 5 heteroatoms. The largest absolute Gasteiger partial charge is 0.311 e. The molecule has 7 aromatic rings. The van der Waals surface area contributed by atoms with E-state index in [0.717, 1.165) is 22.7 Å².